The average molecular weight is 367 g/mol. The highest BCUT2D eigenvalue weighted by atomic mass is 35.5. The molecule has 4 aromatic heterocycles. The average Bonchev–Trinajstić information content (AvgIpc) is 3.07. The van der Waals surface area contributed by atoms with E-state index in [2.05, 4.69) is 35.8 Å². The molecule has 1 N–H and O–H groups in total. The Kier molecular flexibility index (Phi) is 4.18. The van der Waals surface area contributed by atoms with Crippen LogP contribution in [0.15, 0.2) is 42.9 Å². The van der Waals surface area contributed by atoms with Gasteiger partial charge < -0.3 is 5.32 Å². The van der Waals surface area contributed by atoms with Crippen molar-refractivity contribution in [1.82, 2.24) is 35.2 Å². The maximum absolute atomic E-state index is 6.03. The lowest BCUT2D eigenvalue weighted by Gasteiger charge is -2.15. The molecule has 8 nitrogen and oxygen atoms in total. The second kappa shape index (κ2) is 6.64. The van der Waals surface area contributed by atoms with Gasteiger partial charge in [-0.05, 0) is 48.0 Å². The maximum atomic E-state index is 6.03. The van der Waals surface area contributed by atoms with Gasteiger partial charge in [0.1, 0.15) is 5.82 Å². The molecule has 9 heteroatoms. The predicted octanol–water partition coefficient (Wildman–Crippen LogP) is 3.14. The fourth-order valence-corrected chi connectivity index (χ4v) is 2.82. The van der Waals surface area contributed by atoms with Crippen molar-refractivity contribution in [3.63, 3.8) is 0 Å². The number of nitrogens with zero attached hydrogens (tertiary/aromatic N) is 7. The topological polar surface area (TPSA) is 94.3 Å². The molecule has 4 rings (SSSR count). The molecule has 4 aromatic rings. The van der Waals surface area contributed by atoms with Gasteiger partial charge in [-0.25, -0.2) is 15.0 Å². The highest BCUT2D eigenvalue weighted by Gasteiger charge is 2.10. The number of anilines is 1. The van der Waals surface area contributed by atoms with Gasteiger partial charge in [0.15, 0.2) is 11.5 Å². The zero-order valence-corrected chi connectivity index (χ0v) is 14.9. The minimum Gasteiger partial charge on any atom is -0.363 e. The monoisotopic (exact) mass is 366 g/mol. The van der Waals surface area contributed by atoms with Crippen molar-refractivity contribution < 1.29 is 0 Å². The van der Waals surface area contributed by atoms with E-state index in [9.17, 15) is 0 Å². The Morgan fingerprint density at radius 3 is 2.77 bits per heavy atom. The Balaban J connectivity index is 1.60. The first-order valence-corrected chi connectivity index (χ1v) is 8.37. The first kappa shape index (κ1) is 16.3. The standard InChI is InChI=1S/C17H15ClN8/c1-10(13-5-12-6-14(18)9-21-17(12)20-8-13)22-16-7-15(3-4-19-16)26-11(2)23-24-25-26/h3-10H,1-2H3,(H,19,22)/t10-/m0/s1. The quantitative estimate of drug-likeness (QED) is 0.592. The van der Waals surface area contributed by atoms with Crippen LogP contribution in [0.4, 0.5) is 5.82 Å². The van der Waals surface area contributed by atoms with Crippen LogP contribution < -0.4 is 5.32 Å². The molecule has 0 fully saturated rings. The largest absolute Gasteiger partial charge is 0.363 e. The normalized spacial score (nSPS) is 12.3. The van der Waals surface area contributed by atoms with Crippen LogP contribution in [0, 0.1) is 6.92 Å². The SMILES string of the molecule is Cc1nnnn1-c1ccnc(N[C@@H](C)c2cnc3ncc(Cl)cc3c2)c1. The van der Waals surface area contributed by atoms with Crippen LogP contribution >= 0.6 is 11.6 Å². The summed E-state index contributed by atoms with van der Waals surface area (Å²) in [5.74, 6) is 1.42. The Bertz CT molecular complexity index is 1080. The van der Waals surface area contributed by atoms with E-state index in [1.165, 1.54) is 0 Å². The van der Waals surface area contributed by atoms with Gasteiger partial charge in [-0.1, -0.05) is 11.6 Å². The molecule has 130 valence electrons. The third-order valence-corrected chi connectivity index (χ3v) is 4.20. The van der Waals surface area contributed by atoms with Crippen LogP contribution in [0.2, 0.25) is 5.02 Å². The van der Waals surface area contributed by atoms with Crippen LogP contribution in [-0.2, 0) is 0 Å². The minimum absolute atomic E-state index is 0.0106. The van der Waals surface area contributed by atoms with Gasteiger partial charge in [-0.3, -0.25) is 0 Å². The van der Waals surface area contributed by atoms with Gasteiger partial charge in [0, 0.05) is 30.0 Å². The van der Waals surface area contributed by atoms with Gasteiger partial charge in [-0.15, -0.1) is 5.10 Å². The van der Waals surface area contributed by atoms with Gasteiger partial charge >= 0.3 is 0 Å². The minimum atomic E-state index is -0.0106. The number of aromatic nitrogens is 7. The molecule has 1 atom stereocenters. The molecule has 0 amide bonds. The van der Waals surface area contributed by atoms with Crippen molar-refractivity contribution in [2.45, 2.75) is 19.9 Å². The molecule has 0 aliphatic carbocycles. The summed E-state index contributed by atoms with van der Waals surface area (Å²) in [6.07, 6.45) is 5.11. The molecule has 0 saturated heterocycles. The van der Waals surface area contributed by atoms with E-state index in [-0.39, 0.29) is 6.04 Å². The molecule has 0 radical (unpaired) electrons. The number of aryl methyl sites for hydroxylation is 1. The van der Waals surface area contributed by atoms with E-state index in [0.29, 0.717) is 22.3 Å². The highest BCUT2D eigenvalue weighted by Crippen LogP contribution is 2.23. The number of nitrogens with one attached hydrogen (secondary N) is 1. The van der Waals surface area contributed by atoms with E-state index in [1.54, 1.807) is 23.3 Å². The maximum Gasteiger partial charge on any atom is 0.159 e. The summed E-state index contributed by atoms with van der Waals surface area (Å²) in [7, 11) is 0. The van der Waals surface area contributed by atoms with Crippen molar-refractivity contribution in [2.75, 3.05) is 5.32 Å². The van der Waals surface area contributed by atoms with Crippen molar-refractivity contribution in [2.24, 2.45) is 0 Å². The van der Waals surface area contributed by atoms with E-state index < -0.39 is 0 Å². The first-order valence-electron chi connectivity index (χ1n) is 7.99. The van der Waals surface area contributed by atoms with Crippen LogP contribution in [0.25, 0.3) is 16.7 Å². The molecule has 0 spiro atoms. The fraction of sp³-hybridized carbons (Fsp3) is 0.176. The number of hydrogen-bond donors (Lipinski definition) is 1. The molecular formula is C17H15ClN8. The number of halogens is 1. The number of rotatable bonds is 4. The van der Waals surface area contributed by atoms with E-state index in [0.717, 1.165) is 16.6 Å². The number of fused-ring (bicyclic) bond motifs is 1. The Labute approximate surface area is 154 Å². The zero-order valence-electron chi connectivity index (χ0n) is 14.1. The Morgan fingerprint density at radius 2 is 1.96 bits per heavy atom. The molecule has 0 saturated carbocycles. The van der Waals surface area contributed by atoms with Crippen LogP contribution in [0.5, 0.6) is 0 Å². The second-order valence-electron chi connectivity index (χ2n) is 5.87. The molecule has 0 bridgehead atoms. The van der Waals surface area contributed by atoms with Crippen LogP contribution in [-0.4, -0.2) is 35.2 Å². The highest BCUT2D eigenvalue weighted by molar-refractivity contribution is 6.31. The number of tetrazole rings is 1. The lowest BCUT2D eigenvalue weighted by Crippen LogP contribution is -2.09. The van der Waals surface area contributed by atoms with Gasteiger partial charge in [0.2, 0.25) is 0 Å². The van der Waals surface area contributed by atoms with Gasteiger partial charge in [0.05, 0.1) is 16.8 Å². The van der Waals surface area contributed by atoms with E-state index in [1.807, 2.05) is 38.1 Å². The Morgan fingerprint density at radius 1 is 1.12 bits per heavy atom. The van der Waals surface area contributed by atoms with Crippen molar-refractivity contribution in [3.05, 3.63) is 59.3 Å². The fourth-order valence-electron chi connectivity index (χ4n) is 2.66. The van der Waals surface area contributed by atoms with Crippen molar-refractivity contribution in [3.8, 4) is 5.69 Å². The summed E-state index contributed by atoms with van der Waals surface area (Å²) in [6, 6.07) is 7.61. The number of hydrogen-bond acceptors (Lipinski definition) is 7. The molecule has 0 aliphatic rings. The summed E-state index contributed by atoms with van der Waals surface area (Å²) >= 11 is 6.03. The summed E-state index contributed by atoms with van der Waals surface area (Å²) in [6.45, 7) is 3.88. The first-order chi connectivity index (χ1) is 12.6. The van der Waals surface area contributed by atoms with Crippen LogP contribution in [0.3, 0.4) is 0 Å². The smallest absolute Gasteiger partial charge is 0.159 e. The van der Waals surface area contributed by atoms with Crippen LogP contribution in [0.1, 0.15) is 24.4 Å². The molecule has 0 aromatic carbocycles. The number of pyridine rings is 3. The molecular weight excluding hydrogens is 352 g/mol. The van der Waals surface area contributed by atoms with E-state index in [4.69, 9.17) is 11.6 Å². The summed E-state index contributed by atoms with van der Waals surface area (Å²) in [4.78, 5) is 13.0. The lowest BCUT2D eigenvalue weighted by molar-refractivity contribution is 0.777. The Hall–Kier alpha value is -3.13. The third-order valence-electron chi connectivity index (χ3n) is 4.00. The second-order valence-corrected chi connectivity index (χ2v) is 6.31. The van der Waals surface area contributed by atoms with E-state index >= 15 is 0 Å². The zero-order chi connectivity index (χ0) is 18.1. The predicted molar refractivity (Wildman–Crippen MR) is 98.3 cm³/mol. The van der Waals surface area contributed by atoms with Crippen molar-refractivity contribution >= 4 is 28.5 Å². The molecule has 4 heterocycles. The molecule has 26 heavy (non-hydrogen) atoms. The molecule has 0 aliphatic heterocycles. The van der Waals surface area contributed by atoms with Gasteiger partial charge in [-0.2, -0.15) is 4.68 Å². The lowest BCUT2D eigenvalue weighted by atomic mass is 10.1. The van der Waals surface area contributed by atoms with Gasteiger partial charge in [0.25, 0.3) is 0 Å². The summed E-state index contributed by atoms with van der Waals surface area (Å²) < 4.78 is 1.66. The van der Waals surface area contributed by atoms with Crippen molar-refractivity contribution in [1.29, 1.82) is 0 Å². The molecule has 0 unspecified atom stereocenters. The summed E-state index contributed by atoms with van der Waals surface area (Å²) in [5.41, 5.74) is 2.51. The summed E-state index contributed by atoms with van der Waals surface area (Å²) in [5, 5.41) is 16.4. The third kappa shape index (κ3) is 3.18.